The quantitative estimate of drug-likeness (QED) is 0.304. The molecule has 1 saturated heterocycles. The molecule has 0 unspecified atom stereocenters. The Morgan fingerprint density at radius 3 is 2.44 bits per heavy atom. The number of hydrogen-bond acceptors (Lipinski definition) is 5. The summed E-state index contributed by atoms with van der Waals surface area (Å²) in [4.78, 5) is 14.8. The molecule has 0 aromatic heterocycles. The van der Waals surface area contributed by atoms with E-state index in [1.807, 2.05) is 48.5 Å². The van der Waals surface area contributed by atoms with Gasteiger partial charge in [-0.1, -0.05) is 29.8 Å². The minimum atomic E-state index is -0.259. The van der Waals surface area contributed by atoms with Crippen LogP contribution >= 0.6 is 15.9 Å². The van der Waals surface area contributed by atoms with Crippen molar-refractivity contribution >= 4 is 33.7 Å². The van der Waals surface area contributed by atoms with E-state index < -0.39 is 0 Å². The molecule has 34 heavy (non-hydrogen) atoms. The van der Waals surface area contributed by atoms with Crippen molar-refractivity contribution in [2.45, 2.75) is 26.4 Å². The predicted molar refractivity (Wildman–Crippen MR) is 139 cm³/mol. The van der Waals surface area contributed by atoms with Gasteiger partial charge in [-0.2, -0.15) is 5.10 Å². The highest BCUT2D eigenvalue weighted by Gasteiger charge is 2.13. The smallest absolute Gasteiger partial charge is 0.271 e. The first-order chi connectivity index (χ1) is 16.5. The highest BCUT2D eigenvalue weighted by molar-refractivity contribution is 9.10. The number of aryl methyl sites for hydroxylation is 1. The minimum Gasteiger partial charge on any atom is -0.493 e. The molecule has 1 heterocycles. The van der Waals surface area contributed by atoms with Crippen molar-refractivity contribution in [3.8, 4) is 11.5 Å². The van der Waals surface area contributed by atoms with Gasteiger partial charge >= 0.3 is 0 Å². The van der Waals surface area contributed by atoms with Gasteiger partial charge in [0, 0.05) is 34.4 Å². The maximum atomic E-state index is 12.5. The minimum absolute atomic E-state index is 0.259. The Labute approximate surface area is 208 Å². The second kappa shape index (κ2) is 11.2. The number of anilines is 1. The largest absolute Gasteiger partial charge is 0.493 e. The van der Waals surface area contributed by atoms with Gasteiger partial charge < -0.3 is 14.4 Å². The number of hydrogen-bond donors (Lipinski definition) is 1. The topological polar surface area (TPSA) is 63.2 Å². The lowest BCUT2D eigenvalue weighted by Gasteiger charge is -2.17. The van der Waals surface area contributed by atoms with E-state index in [-0.39, 0.29) is 5.91 Å². The van der Waals surface area contributed by atoms with Crippen molar-refractivity contribution in [2.75, 3.05) is 25.1 Å². The summed E-state index contributed by atoms with van der Waals surface area (Å²) in [6, 6.07) is 19.5. The molecule has 1 aliphatic rings. The molecule has 0 saturated carbocycles. The van der Waals surface area contributed by atoms with Gasteiger partial charge in [0.1, 0.15) is 6.61 Å². The van der Waals surface area contributed by atoms with Gasteiger partial charge in [0.15, 0.2) is 11.5 Å². The summed E-state index contributed by atoms with van der Waals surface area (Å²) in [5.74, 6) is 0.945. The van der Waals surface area contributed by atoms with Crippen molar-refractivity contribution in [1.29, 1.82) is 0 Å². The molecule has 0 atom stereocenters. The first-order valence-electron chi connectivity index (χ1n) is 11.3. The van der Waals surface area contributed by atoms with Gasteiger partial charge in [-0.15, -0.1) is 0 Å². The van der Waals surface area contributed by atoms with Gasteiger partial charge in [-0.25, -0.2) is 5.43 Å². The fraction of sp³-hybridized carbons (Fsp3) is 0.259. The molecule has 0 aliphatic carbocycles. The summed E-state index contributed by atoms with van der Waals surface area (Å²) < 4.78 is 12.2. The van der Waals surface area contributed by atoms with Crippen LogP contribution in [0.3, 0.4) is 0 Å². The Bertz CT molecular complexity index is 1150. The lowest BCUT2D eigenvalue weighted by Crippen LogP contribution is -2.19. The van der Waals surface area contributed by atoms with Gasteiger partial charge in [0.05, 0.1) is 13.3 Å². The fourth-order valence-electron chi connectivity index (χ4n) is 3.79. The molecular formula is C27H28BrN3O3. The van der Waals surface area contributed by atoms with Crippen LogP contribution in [0.1, 0.15) is 39.9 Å². The molecule has 1 fully saturated rings. The average molecular weight is 522 g/mol. The third-order valence-electron chi connectivity index (χ3n) is 5.77. The van der Waals surface area contributed by atoms with Gasteiger partial charge in [-0.05, 0) is 77.7 Å². The zero-order chi connectivity index (χ0) is 23.9. The molecule has 4 rings (SSSR count). The Kier molecular flexibility index (Phi) is 7.85. The van der Waals surface area contributed by atoms with Crippen molar-refractivity contribution in [1.82, 2.24) is 5.43 Å². The zero-order valence-electron chi connectivity index (χ0n) is 19.4. The van der Waals surface area contributed by atoms with Crippen LogP contribution in [0.25, 0.3) is 0 Å². The number of methoxy groups -OCH3 is 1. The van der Waals surface area contributed by atoms with Crippen LogP contribution in [0.5, 0.6) is 11.5 Å². The number of nitrogens with one attached hydrogen (secondary N) is 1. The standard InChI is InChI=1S/C27H28BrN3O3/c1-19-5-7-20(8-6-19)18-34-26-16-24(28)22(15-25(26)33-2)17-29-30-27(32)21-9-11-23(12-10-21)31-13-3-4-14-31/h5-12,15-17H,3-4,13-14,18H2,1-2H3,(H,30,32)/b29-17-. The van der Waals surface area contributed by atoms with E-state index in [1.165, 1.54) is 18.4 Å². The first kappa shape index (κ1) is 23.8. The molecule has 1 amide bonds. The monoisotopic (exact) mass is 521 g/mol. The SMILES string of the molecule is COc1cc(/C=N\NC(=O)c2ccc(N3CCCC3)cc2)c(Br)cc1OCc1ccc(C)cc1. The highest BCUT2D eigenvalue weighted by atomic mass is 79.9. The number of benzene rings is 3. The van der Waals surface area contributed by atoms with Crippen LogP contribution in [-0.2, 0) is 6.61 Å². The molecule has 0 bridgehead atoms. The number of carbonyl (C=O) groups excluding carboxylic acids is 1. The molecule has 0 spiro atoms. The number of ether oxygens (including phenoxy) is 2. The molecule has 3 aromatic carbocycles. The van der Waals surface area contributed by atoms with Gasteiger partial charge in [-0.3, -0.25) is 4.79 Å². The second-order valence-electron chi connectivity index (χ2n) is 8.24. The van der Waals surface area contributed by atoms with Crippen LogP contribution in [0.15, 0.2) is 70.2 Å². The molecule has 1 N–H and O–H groups in total. The van der Waals surface area contributed by atoms with E-state index in [1.54, 1.807) is 13.3 Å². The summed E-state index contributed by atoms with van der Waals surface area (Å²) in [6.45, 7) is 4.63. The van der Waals surface area contributed by atoms with Crippen molar-refractivity contribution < 1.29 is 14.3 Å². The summed E-state index contributed by atoms with van der Waals surface area (Å²) in [6.07, 6.45) is 4.02. The Morgan fingerprint density at radius 1 is 1.06 bits per heavy atom. The zero-order valence-corrected chi connectivity index (χ0v) is 21.0. The molecule has 6 nitrogen and oxygen atoms in total. The van der Waals surface area contributed by atoms with Crippen molar-refractivity contribution in [3.05, 3.63) is 87.4 Å². The Hall–Kier alpha value is -3.32. The summed E-state index contributed by atoms with van der Waals surface area (Å²) in [7, 11) is 1.59. The van der Waals surface area contributed by atoms with Crippen LogP contribution < -0.4 is 19.8 Å². The van der Waals surface area contributed by atoms with E-state index >= 15 is 0 Å². The van der Waals surface area contributed by atoms with Crippen LogP contribution in [0.4, 0.5) is 5.69 Å². The fourth-order valence-corrected chi connectivity index (χ4v) is 4.22. The Balaban J connectivity index is 1.38. The number of hydrazone groups is 1. The van der Waals surface area contributed by atoms with Crippen LogP contribution in [0, 0.1) is 6.92 Å². The number of carbonyl (C=O) groups is 1. The molecule has 176 valence electrons. The maximum Gasteiger partial charge on any atom is 0.271 e. The molecular weight excluding hydrogens is 494 g/mol. The number of amides is 1. The molecule has 3 aromatic rings. The highest BCUT2D eigenvalue weighted by Crippen LogP contribution is 2.33. The summed E-state index contributed by atoms with van der Waals surface area (Å²) in [5, 5.41) is 4.12. The first-order valence-corrected chi connectivity index (χ1v) is 12.1. The Morgan fingerprint density at radius 2 is 1.76 bits per heavy atom. The number of nitrogens with zero attached hydrogens (tertiary/aromatic N) is 2. The van der Waals surface area contributed by atoms with Crippen LogP contribution in [0.2, 0.25) is 0 Å². The van der Waals surface area contributed by atoms with E-state index in [4.69, 9.17) is 9.47 Å². The van der Waals surface area contributed by atoms with E-state index in [2.05, 4.69) is 50.4 Å². The van der Waals surface area contributed by atoms with E-state index in [0.29, 0.717) is 23.7 Å². The van der Waals surface area contributed by atoms with Gasteiger partial charge in [0.2, 0.25) is 0 Å². The van der Waals surface area contributed by atoms with Gasteiger partial charge in [0.25, 0.3) is 5.91 Å². The third-order valence-corrected chi connectivity index (χ3v) is 6.46. The molecule has 7 heteroatoms. The van der Waals surface area contributed by atoms with Crippen molar-refractivity contribution in [2.24, 2.45) is 5.10 Å². The number of halogens is 1. The van der Waals surface area contributed by atoms with E-state index in [9.17, 15) is 4.79 Å². The second-order valence-corrected chi connectivity index (χ2v) is 9.09. The summed E-state index contributed by atoms with van der Waals surface area (Å²) in [5.41, 5.74) is 7.34. The third kappa shape index (κ3) is 5.97. The maximum absolute atomic E-state index is 12.5. The number of rotatable bonds is 8. The lowest BCUT2D eigenvalue weighted by atomic mass is 10.1. The molecule has 1 aliphatic heterocycles. The predicted octanol–water partition coefficient (Wildman–Crippen LogP) is 5.71. The lowest BCUT2D eigenvalue weighted by molar-refractivity contribution is 0.0955. The average Bonchev–Trinajstić information content (AvgIpc) is 3.40. The normalized spacial score (nSPS) is 13.3. The van der Waals surface area contributed by atoms with Crippen LogP contribution in [-0.4, -0.2) is 32.3 Å². The van der Waals surface area contributed by atoms with E-state index in [0.717, 1.165) is 34.4 Å². The van der Waals surface area contributed by atoms with Crippen molar-refractivity contribution in [3.63, 3.8) is 0 Å². The molecule has 0 radical (unpaired) electrons. The summed E-state index contributed by atoms with van der Waals surface area (Å²) >= 11 is 3.55.